The van der Waals surface area contributed by atoms with E-state index in [0.29, 0.717) is 0 Å². The first-order valence-corrected chi connectivity index (χ1v) is 11.8. The molecule has 1 fully saturated rings. The van der Waals surface area contributed by atoms with Gasteiger partial charge in [0, 0.05) is 5.46 Å². The maximum atomic E-state index is 6.57. The molecule has 0 spiro atoms. The molecule has 1 aliphatic heterocycles. The van der Waals surface area contributed by atoms with Crippen molar-refractivity contribution in [3.63, 3.8) is 0 Å². The molecule has 140 valence electrons. The third kappa shape index (κ3) is 3.91. The van der Waals surface area contributed by atoms with Gasteiger partial charge in [0.25, 0.3) is 0 Å². The lowest BCUT2D eigenvalue weighted by molar-refractivity contribution is 0.00578. The van der Waals surface area contributed by atoms with Crippen molar-refractivity contribution in [3.8, 4) is 11.5 Å². The van der Waals surface area contributed by atoms with Crippen LogP contribution in [0, 0.1) is 0 Å². The molecule has 1 aromatic rings. The van der Waals surface area contributed by atoms with E-state index >= 15 is 0 Å². The summed E-state index contributed by atoms with van der Waals surface area (Å²) in [7, 11) is -0.787. The number of hydrogen-bond acceptors (Lipinski definition) is 4. The molecule has 4 nitrogen and oxygen atoms in total. The number of rotatable bonds is 4. The molecule has 0 unspecified atom stereocenters. The fourth-order valence-electron chi connectivity index (χ4n) is 2.33. The van der Waals surface area contributed by atoms with Crippen LogP contribution in [-0.4, -0.2) is 33.7 Å². The zero-order chi connectivity index (χ0) is 19.3. The first-order chi connectivity index (χ1) is 11.2. The van der Waals surface area contributed by atoms with Crippen LogP contribution in [0.3, 0.4) is 0 Å². The molecule has 0 radical (unpaired) electrons. The van der Waals surface area contributed by atoms with Crippen LogP contribution in [0.25, 0.3) is 0 Å². The lowest BCUT2D eigenvalue weighted by Crippen LogP contribution is -2.46. The van der Waals surface area contributed by atoms with Gasteiger partial charge in [-0.05, 0) is 64.0 Å². The van der Waals surface area contributed by atoms with Gasteiger partial charge in [0.1, 0.15) is 11.5 Å². The highest BCUT2D eigenvalue weighted by atomic mass is 28.4. The smallest absolute Gasteiger partial charge is 0.498 e. The van der Waals surface area contributed by atoms with Crippen LogP contribution in [0.15, 0.2) is 18.2 Å². The second-order valence-electron chi connectivity index (χ2n) is 9.35. The van der Waals surface area contributed by atoms with Gasteiger partial charge < -0.3 is 18.5 Å². The highest BCUT2D eigenvalue weighted by Gasteiger charge is 2.53. The fourth-order valence-corrected chi connectivity index (χ4v) is 3.37. The topological polar surface area (TPSA) is 36.9 Å². The van der Waals surface area contributed by atoms with Gasteiger partial charge in [0.15, 0.2) is 0 Å². The molecule has 2 rings (SSSR count). The molecule has 0 N–H and O–H groups in total. The van der Waals surface area contributed by atoms with Gasteiger partial charge in [-0.25, -0.2) is 0 Å². The predicted molar refractivity (Wildman–Crippen MR) is 107 cm³/mol. The van der Waals surface area contributed by atoms with Crippen LogP contribution < -0.4 is 14.6 Å². The van der Waals surface area contributed by atoms with Gasteiger partial charge in [-0.1, -0.05) is 20.8 Å². The standard InChI is InChI=1S/C19H33BO4Si/c1-17(2,3)25(9,10)22-16-12-11-14(21-8)13-15(16)20-23-18(4,5)19(6,7)24-20/h11-13H,1-10H3. The summed E-state index contributed by atoms with van der Waals surface area (Å²) < 4.78 is 24.5. The Balaban J connectivity index is 2.44. The molecule has 0 atom stereocenters. The first kappa shape index (κ1) is 20.3. The largest absolute Gasteiger partial charge is 0.544 e. The van der Waals surface area contributed by atoms with E-state index in [9.17, 15) is 0 Å². The predicted octanol–water partition coefficient (Wildman–Crippen LogP) is 4.38. The Kier molecular flexibility index (Phi) is 5.14. The van der Waals surface area contributed by atoms with E-state index in [-0.39, 0.29) is 5.04 Å². The maximum Gasteiger partial charge on any atom is 0.498 e. The third-order valence-electron chi connectivity index (χ3n) is 5.90. The summed E-state index contributed by atoms with van der Waals surface area (Å²) in [4.78, 5) is 0. The monoisotopic (exact) mass is 364 g/mol. The van der Waals surface area contributed by atoms with Gasteiger partial charge in [-0.3, -0.25) is 0 Å². The Hall–Kier alpha value is -0.978. The molecule has 0 aliphatic carbocycles. The molecular weight excluding hydrogens is 331 g/mol. The van der Waals surface area contributed by atoms with Crippen molar-refractivity contribution in [2.24, 2.45) is 0 Å². The lowest BCUT2D eigenvalue weighted by Gasteiger charge is -2.37. The average molecular weight is 364 g/mol. The Bertz CT molecular complexity index is 619. The summed E-state index contributed by atoms with van der Waals surface area (Å²) in [5.74, 6) is 1.60. The fraction of sp³-hybridized carbons (Fsp3) is 0.684. The highest BCUT2D eigenvalue weighted by molar-refractivity contribution is 6.75. The molecule has 0 aromatic heterocycles. The summed E-state index contributed by atoms with van der Waals surface area (Å²) in [6.45, 7) is 19.4. The minimum atomic E-state index is -1.98. The van der Waals surface area contributed by atoms with Crippen molar-refractivity contribution in [1.29, 1.82) is 0 Å². The number of methoxy groups -OCH3 is 1. The summed E-state index contributed by atoms with van der Waals surface area (Å²) in [5, 5.41) is 0.111. The van der Waals surface area contributed by atoms with E-state index < -0.39 is 26.6 Å². The van der Waals surface area contributed by atoms with Crippen molar-refractivity contribution in [2.45, 2.75) is 77.8 Å². The number of benzene rings is 1. The Labute approximate surface area is 154 Å². The van der Waals surface area contributed by atoms with Gasteiger partial charge in [0.05, 0.1) is 18.3 Å². The minimum absolute atomic E-state index is 0.111. The molecule has 1 aliphatic rings. The van der Waals surface area contributed by atoms with Crippen LogP contribution in [0.5, 0.6) is 11.5 Å². The molecule has 0 bridgehead atoms. The van der Waals surface area contributed by atoms with Gasteiger partial charge in [-0.15, -0.1) is 0 Å². The molecule has 6 heteroatoms. The Morgan fingerprint density at radius 2 is 1.52 bits per heavy atom. The second kappa shape index (κ2) is 6.32. The SMILES string of the molecule is COc1ccc(O[Si](C)(C)C(C)(C)C)c(B2OC(C)(C)C(C)(C)O2)c1. The van der Waals surface area contributed by atoms with E-state index in [2.05, 4.69) is 61.6 Å². The van der Waals surface area contributed by atoms with E-state index in [1.165, 1.54) is 0 Å². The average Bonchev–Trinajstić information content (AvgIpc) is 2.66. The van der Waals surface area contributed by atoms with E-state index in [0.717, 1.165) is 17.0 Å². The van der Waals surface area contributed by atoms with Gasteiger partial charge >= 0.3 is 7.12 Å². The summed E-state index contributed by atoms with van der Waals surface area (Å²) in [5.41, 5.74) is 0.104. The summed E-state index contributed by atoms with van der Waals surface area (Å²) in [6.07, 6.45) is 0. The Morgan fingerprint density at radius 3 is 1.96 bits per heavy atom. The zero-order valence-corrected chi connectivity index (χ0v) is 18.4. The van der Waals surface area contributed by atoms with E-state index in [1.54, 1.807) is 7.11 Å². The molecule has 1 heterocycles. The summed E-state index contributed by atoms with van der Waals surface area (Å²) >= 11 is 0. The molecule has 25 heavy (non-hydrogen) atoms. The maximum absolute atomic E-state index is 6.57. The molecule has 1 aromatic carbocycles. The number of ether oxygens (including phenoxy) is 1. The second-order valence-corrected chi connectivity index (χ2v) is 14.1. The van der Waals surface area contributed by atoms with Crippen LogP contribution in [0.1, 0.15) is 48.5 Å². The Morgan fingerprint density at radius 1 is 1.00 bits per heavy atom. The number of hydrogen-bond donors (Lipinski definition) is 0. The van der Waals surface area contributed by atoms with Crippen molar-refractivity contribution < 1.29 is 18.5 Å². The third-order valence-corrected chi connectivity index (χ3v) is 10.2. The molecule has 0 amide bonds. The van der Waals surface area contributed by atoms with Crippen molar-refractivity contribution in [3.05, 3.63) is 18.2 Å². The van der Waals surface area contributed by atoms with E-state index in [1.807, 2.05) is 18.2 Å². The van der Waals surface area contributed by atoms with Crippen LogP contribution >= 0.6 is 0 Å². The van der Waals surface area contributed by atoms with Crippen molar-refractivity contribution in [1.82, 2.24) is 0 Å². The minimum Gasteiger partial charge on any atom is -0.544 e. The lowest BCUT2D eigenvalue weighted by atomic mass is 9.78. The van der Waals surface area contributed by atoms with Gasteiger partial charge in [-0.2, -0.15) is 0 Å². The van der Waals surface area contributed by atoms with Gasteiger partial charge in [0.2, 0.25) is 8.32 Å². The van der Waals surface area contributed by atoms with Crippen LogP contribution in [0.2, 0.25) is 18.1 Å². The highest BCUT2D eigenvalue weighted by Crippen LogP contribution is 2.40. The first-order valence-electron chi connectivity index (χ1n) is 8.93. The normalized spacial score (nSPS) is 19.8. The quantitative estimate of drug-likeness (QED) is 0.743. The van der Waals surface area contributed by atoms with Crippen molar-refractivity contribution in [2.75, 3.05) is 7.11 Å². The van der Waals surface area contributed by atoms with E-state index in [4.69, 9.17) is 18.5 Å². The van der Waals surface area contributed by atoms with Crippen molar-refractivity contribution >= 4 is 20.9 Å². The summed E-state index contributed by atoms with van der Waals surface area (Å²) in [6, 6.07) is 5.86. The molecule has 1 saturated heterocycles. The van der Waals surface area contributed by atoms with Crippen LogP contribution in [0.4, 0.5) is 0 Å². The molecule has 0 saturated carbocycles. The zero-order valence-electron chi connectivity index (χ0n) is 17.4. The van der Waals surface area contributed by atoms with Crippen LogP contribution in [-0.2, 0) is 9.31 Å². The molecular formula is C19H33BO4Si.